The first-order valence-corrected chi connectivity index (χ1v) is 8.58. The minimum absolute atomic E-state index is 0.179. The van der Waals surface area contributed by atoms with Gasteiger partial charge in [0.25, 0.3) is 0 Å². The molecule has 1 spiro atoms. The minimum Gasteiger partial charge on any atom is -0.380 e. The third kappa shape index (κ3) is 1.71. The van der Waals surface area contributed by atoms with Crippen LogP contribution in [0.3, 0.4) is 0 Å². The molecular formula is C22H16N2O. The van der Waals surface area contributed by atoms with Crippen molar-refractivity contribution < 1.29 is 4.74 Å². The van der Waals surface area contributed by atoms with Crippen LogP contribution < -0.4 is 0 Å². The normalized spacial score (nSPS) is 31.4. The van der Waals surface area contributed by atoms with Crippen molar-refractivity contribution in [3.63, 3.8) is 0 Å². The Bertz CT molecular complexity index is 976. The van der Waals surface area contributed by atoms with E-state index in [2.05, 4.69) is 54.6 Å². The zero-order valence-electron chi connectivity index (χ0n) is 13.6. The van der Waals surface area contributed by atoms with Gasteiger partial charge < -0.3 is 4.74 Å². The summed E-state index contributed by atoms with van der Waals surface area (Å²) in [6, 6.07) is 21.1. The summed E-state index contributed by atoms with van der Waals surface area (Å²) >= 11 is 0. The van der Waals surface area contributed by atoms with E-state index in [0.29, 0.717) is 18.8 Å². The highest BCUT2D eigenvalue weighted by atomic mass is 16.5. The van der Waals surface area contributed by atoms with Crippen molar-refractivity contribution in [2.24, 2.45) is 11.3 Å². The van der Waals surface area contributed by atoms with Gasteiger partial charge in [0.15, 0.2) is 0 Å². The Morgan fingerprint density at radius 3 is 2.44 bits per heavy atom. The smallest absolute Gasteiger partial charge is 0.0991 e. The summed E-state index contributed by atoms with van der Waals surface area (Å²) < 4.78 is 5.93. The molecule has 1 aliphatic heterocycles. The molecule has 3 aliphatic rings. The highest BCUT2D eigenvalue weighted by molar-refractivity contribution is 5.58. The molecule has 0 aromatic heterocycles. The minimum atomic E-state index is -0.179. The molecule has 1 heterocycles. The Morgan fingerprint density at radius 2 is 1.72 bits per heavy atom. The van der Waals surface area contributed by atoms with Gasteiger partial charge in [-0.15, -0.1) is 0 Å². The predicted molar refractivity (Wildman–Crippen MR) is 92.6 cm³/mol. The lowest BCUT2D eigenvalue weighted by Gasteiger charge is -2.53. The van der Waals surface area contributed by atoms with Gasteiger partial charge in [0.2, 0.25) is 0 Å². The monoisotopic (exact) mass is 324 g/mol. The molecule has 5 rings (SSSR count). The van der Waals surface area contributed by atoms with Crippen LogP contribution in [0.2, 0.25) is 0 Å². The number of rotatable bonds is 1. The fraction of sp³-hybridized carbons (Fsp3) is 0.273. The molecule has 4 atom stereocenters. The van der Waals surface area contributed by atoms with Crippen molar-refractivity contribution >= 4 is 0 Å². The molecule has 2 aromatic carbocycles. The van der Waals surface area contributed by atoms with E-state index in [1.54, 1.807) is 0 Å². The van der Waals surface area contributed by atoms with Crippen LogP contribution in [0.5, 0.6) is 0 Å². The summed E-state index contributed by atoms with van der Waals surface area (Å²) in [6.45, 7) is 1.30. The van der Waals surface area contributed by atoms with Crippen LogP contribution in [0.4, 0.5) is 0 Å². The number of fused-ring (bicyclic) bond motifs is 2. The Labute approximate surface area is 146 Å². The van der Waals surface area contributed by atoms with Crippen LogP contribution in [0.1, 0.15) is 34.1 Å². The molecule has 0 N–H and O–H groups in total. The topological polar surface area (TPSA) is 56.8 Å². The summed E-state index contributed by atoms with van der Waals surface area (Å²) in [6.07, 6.45) is 2.12. The largest absolute Gasteiger partial charge is 0.380 e. The molecule has 0 bridgehead atoms. The fourth-order valence-corrected chi connectivity index (χ4v) is 5.12. The second-order valence-electron chi connectivity index (χ2n) is 7.17. The van der Waals surface area contributed by atoms with Gasteiger partial charge in [-0.1, -0.05) is 42.5 Å². The van der Waals surface area contributed by atoms with Crippen molar-refractivity contribution in [2.45, 2.75) is 11.8 Å². The standard InChI is InChI=1S/C22H16N2O/c23-10-14-5-7-15(8-6-14)21-18-4-2-1-3-17(18)19-9-16(11-24)22(19)13-25-12-20(21)22/h1-9,19-21H,12-13H2/t19-,20-,21?,22-/m0/s1. The van der Waals surface area contributed by atoms with Gasteiger partial charge >= 0.3 is 0 Å². The van der Waals surface area contributed by atoms with Gasteiger partial charge in [-0.3, -0.25) is 0 Å². The van der Waals surface area contributed by atoms with Crippen molar-refractivity contribution in [3.8, 4) is 12.1 Å². The number of allylic oxidation sites excluding steroid dienone is 1. The molecule has 2 aliphatic carbocycles. The zero-order valence-corrected chi connectivity index (χ0v) is 13.6. The maximum Gasteiger partial charge on any atom is 0.0991 e. The lowest BCUT2D eigenvalue weighted by atomic mass is 9.47. The molecule has 25 heavy (non-hydrogen) atoms. The summed E-state index contributed by atoms with van der Waals surface area (Å²) in [5.74, 6) is 0.736. The van der Waals surface area contributed by atoms with Crippen molar-refractivity contribution in [3.05, 3.63) is 82.4 Å². The summed E-state index contributed by atoms with van der Waals surface area (Å²) in [4.78, 5) is 0. The first-order valence-electron chi connectivity index (χ1n) is 8.58. The first kappa shape index (κ1) is 14.5. The van der Waals surface area contributed by atoms with Crippen LogP contribution >= 0.6 is 0 Å². The Hall–Kier alpha value is -2.88. The number of hydrogen-bond donors (Lipinski definition) is 0. The SMILES string of the molecule is N#CC1=C[C@H]2c3ccccc3C(c3ccc(C#N)cc3)[C@@H]3COC[C@]123. The molecule has 0 amide bonds. The number of benzene rings is 2. The third-order valence-electron chi connectivity index (χ3n) is 6.28. The molecule has 0 saturated carbocycles. The molecular weight excluding hydrogens is 308 g/mol. The van der Waals surface area contributed by atoms with Gasteiger partial charge in [-0.25, -0.2) is 0 Å². The molecule has 3 nitrogen and oxygen atoms in total. The van der Waals surface area contributed by atoms with Crippen molar-refractivity contribution in [2.75, 3.05) is 13.2 Å². The lowest BCUT2D eigenvalue weighted by molar-refractivity contribution is 0.146. The van der Waals surface area contributed by atoms with E-state index in [1.807, 2.05) is 12.1 Å². The second kappa shape index (κ2) is 5.06. The van der Waals surface area contributed by atoms with E-state index in [4.69, 9.17) is 10.00 Å². The van der Waals surface area contributed by atoms with Gasteiger partial charge in [0.05, 0.1) is 30.9 Å². The van der Waals surface area contributed by atoms with Gasteiger partial charge in [-0.2, -0.15) is 10.5 Å². The molecule has 2 aromatic rings. The highest BCUT2D eigenvalue weighted by Gasteiger charge is 2.62. The van der Waals surface area contributed by atoms with E-state index in [-0.39, 0.29) is 23.2 Å². The van der Waals surface area contributed by atoms with Crippen LogP contribution in [0.25, 0.3) is 0 Å². The molecule has 3 heteroatoms. The third-order valence-corrected chi connectivity index (χ3v) is 6.28. The highest BCUT2D eigenvalue weighted by Crippen LogP contribution is 2.67. The van der Waals surface area contributed by atoms with Gasteiger partial charge in [0, 0.05) is 28.7 Å². The number of nitrogens with zero attached hydrogens (tertiary/aromatic N) is 2. The number of nitriles is 2. The van der Waals surface area contributed by atoms with E-state index >= 15 is 0 Å². The van der Waals surface area contributed by atoms with Crippen LogP contribution in [-0.4, -0.2) is 13.2 Å². The van der Waals surface area contributed by atoms with Crippen molar-refractivity contribution in [1.82, 2.24) is 0 Å². The van der Waals surface area contributed by atoms with Crippen LogP contribution in [-0.2, 0) is 4.74 Å². The number of hydrogen-bond acceptors (Lipinski definition) is 3. The average Bonchev–Trinajstić information content (AvgIpc) is 3.11. The second-order valence-corrected chi connectivity index (χ2v) is 7.17. The molecule has 1 saturated heterocycles. The average molecular weight is 324 g/mol. The fourth-order valence-electron chi connectivity index (χ4n) is 5.12. The van der Waals surface area contributed by atoms with E-state index in [1.165, 1.54) is 16.7 Å². The summed E-state index contributed by atoms with van der Waals surface area (Å²) in [5, 5.41) is 18.7. The van der Waals surface area contributed by atoms with Gasteiger partial charge in [0.1, 0.15) is 0 Å². The summed E-state index contributed by atoms with van der Waals surface area (Å²) in [7, 11) is 0. The Balaban J connectivity index is 1.73. The molecule has 120 valence electrons. The quantitative estimate of drug-likeness (QED) is 0.800. The van der Waals surface area contributed by atoms with Gasteiger partial charge in [-0.05, 0) is 28.8 Å². The zero-order chi connectivity index (χ0) is 17.0. The van der Waals surface area contributed by atoms with E-state index < -0.39 is 0 Å². The maximum atomic E-state index is 9.63. The lowest BCUT2D eigenvalue weighted by Crippen LogP contribution is -2.49. The number of ether oxygens (including phenoxy) is 1. The van der Waals surface area contributed by atoms with Crippen molar-refractivity contribution in [1.29, 1.82) is 10.5 Å². The van der Waals surface area contributed by atoms with Crippen LogP contribution in [0.15, 0.2) is 60.2 Å². The van der Waals surface area contributed by atoms with E-state index in [0.717, 1.165) is 5.57 Å². The first-order chi connectivity index (χ1) is 12.3. The molecule has 1 fully saturated rings. The maximum absolute atomic E-state index is 9.63. The Kier molecular flexibility index (Phi) is 2.93. The molecule has 0 radical (unpaired) electrons. The van der Waals surface area contributed by atoms with Crippen LogP contribution in [0, 0.1) is 34.0 Å². The predicted octanol–water partition coefficient (Wildman–Crippen LogP) is 3.88. The Morgan fingerprint density at radius 1 is 0.960 bits per heavy atom. The van der Waals surface area contributed by atoms with E-state index in [9.17, 15) is 5.26 Å². The molecule has 1 unspecified atom stereocenters. The summed E-state index contributed by atoms with van der Waals surface area (Å²) in [5.41, 5.74) is 5.22.